The average Bonchev–Trinajstić information content (AvgIpc) is 2.97. The van der Waals surface area contributed by atoms with E-state index in [4.69, 9.17) is 14.2 Å². The Morgan fingerprint density at radius 1 is 1.29 bits per heavy atom. The second-order valence-corrected chi connectivity index (χ2v) is 4.99. The smallest absolute Gasteiger partial charge is 0.338 e. The molecule has 1 aromatic rings. The van der Waals surface area contributed by atoms with Crippen LogP contribution < -0.4 is 4.90 Å². The molecule has 1 aliphatic heterocycles. The maximum Gasteiger partial charge on any atom is 0.338 e. The molecule has 5 nitrogen and oxygen atoms in total. The summed E-state index contributed by atoms with van der Waals surface area (Å²) in [5, 5.41) is 0. The number of carbonyl (C=O) groups is 1. The third-order valence-electron chi connectivity index (χ3n) is 3.53. The molecule has 0 bridgehead atoms. The third-order valence-corrected chi connectivity index (χ3v) is 3.53. The molecule has 21 heavy (non-hydrogen) atoms. The van der Waals surface area contributed by atoms with Crippen LogP contribution in [0.15, 0.2) is 24.3 Å². The van der Waals surface area contributed by atoms with Gasteiger partial charge in [0.05, 0.1) is 31.5 Å². The van der Waals surface area contributed by atoms with E-state index in [2.05, 4.69) is 4.90 Å². The van der Waals surface area contributed by atoms with Crippen molar-refractivity contribution >= 4 is 11.7 Å². The van der Waals surface area contributed by atoms with Crippen LogP contribution in [-0.4, -0.2) is 52.1 Å². The highest BCUT2D eigenvalue weighted by Gasteiger charge is 2.23. The van der Waals surface area contributed by atoms with Gasteiger partial charge in [0.15, 0.2) is 0 Å². The molecule has 0 spiro atoms. The van der Waals surface area contributed by atoms with Gasteiger partial charge in [0.2, 0.25) is 0 Å². The number of hydrogen-bond donors (Lipinski definition) is 0. The first kappa shape index (κ1) is 15.8. The van der Waals surface area contributed by atoms with Crippen LogP contribution in [0.3, 0.4) is 0 Å². The molecule has 0 saturated carbocycles. The Morgan fingerprint density at radius 3 is 2.71 bits per heavy atom. The first-order chi connectivity index (χ1) is 10.2. The number of carbonyl (C=O) groups excluding carboxylic acids is 1. The lowest BCUT2D eigenvalue weighted by Crippen LogP contribution is -2.23. The number of nitrogens with zero attached hydrogens (tertiary/aromatic N) is 1. The molecule has 1 fully saturated rings. The zero-order chi connectivity index (χ0) is 15.1. The quantitative estimate of drug-likeness (QED) is 0.569. The van der Waals surface area contributed by atoms with Gasteiger partial charge < -0.3 is 19.1 Å². The van der Waals surface area contributed by atoms with E-state index in [0.717, 1.165) is 25.2 Å². The molecule has 1 saturated heterocycles. The molecule has 0 radical (unpaired) electrons. The predicted molar refractivity (Wildman–Crippen MR) is 80.8 cm³/mol. The number of ether oxygens (including phenoxy) is 3. The molecular weight excluding hydrogens is 270 g/mol. The molecule has 5 heteroatoms. The normalized spacial score (nSPS) is 18.0. The number of rotatable bonds is 7. The zero-order valence-corrected chi connectivity index (χ0v) is 12.7. The molecule has 1 aliphatic rings. The van der Waals surface area contributed by atoms with Crippen molar-refractivity contribution in [2.24, 2.45) is 0 Å². The summed E-state index contributed by atoms with van der Waals surface area (Å²) in [6.45, 7) is 5.31. The molecule has 0 N–H and O–H groups in total. The van der Waals surface area contributed by atoms with Crippen molar-refractivity contribution in [2.75, 3.05) is 44.9 Å². The van der Waals surface area contributed by atoms with E-state index in [1.807, 2.05) is 24.3 Å². The number of anilines is 1. The minimum Gasteiger partial charge on any atom is -0.462 e. The first-order valence-electron chi connectivity index (χ1n) is 7.37. The summed E-state index contributed by atoms with van der Waals surface area (Å²) >= 11 is 0. The van der Waals surface area contributed by atoms with Gasteiger partial charge in [-0.2, -0.15) is 0 Å². The summed E-state index contributed by atoms with van der Waals surface area (Å²) in [4.78, 5) is 13.9. The van der Waals surface area contributed by atoms with Crippen molar-refractivity contribution in [2.45, 2.75) is 19.4 Å². The Hall–Kier alpha value is -1.59. The number of esters is 1. The first-order valence-corrected chi connectivity index (χ1v) is 7.37. The number of benzene rings is 1. The van der Waals surface area contributed by atoms with E-state index in [1.165, 1.54) is 0 Å². The topological polar surface area (TPSA) is 48.0 Å². The van der Waals surface area contributed by atoms with Crippen LogP contribution in [0, 0.1) is 0 Å². The van der Waals surface area contributed by atoms with Crippen LogP contribution in [-0.2, 0) is 14.2 Å². The van der Waals surface area contributed by atoms with Gasteiger partial charge in [-0.15, -0.1) is 0 Å². The summed E-state index contributed by atoms with van der Waals surface area (Å²) in [5.74, 6) is -0.272. The molecule has 116 valence electrons. The van der Waals surface area contributed by atoms with E-state index >= 15 is 0 Å². The van der Waals surface area contributed by atoms with Gasteiger partial charge in [-0.25, -0.2) is 4.79 Å². The Labute approximate surface area is 125 Å². The Morgan fingerprint density at radius 2 is 2.05 bits per heavy atom. The highest BCUT2D eigenvalue weighted by atomic mass is 16.5. The summed E-state index contributed by atoms with van der Waals surface area (Å²) in [6.07, 6.45) is 1.27. The second kappa shape index (κ2) is 8.00. The van der Waals surface area contributed by atoms with Crippen LogP contribution in [0.1, 0.15) is 23.7 Å². The van der Waals surface area contributed by atoms with Crippen LogP contribution in [0.25, 0.3) is 0 Å². The summed E-state index contributed by atoms with van der Waals surface area (Å²) in [6, 6.07) is 7.55. The maximum absolute atomic E-state index is 11.6. The van der Waals surface area contributed by atoms with Gasteiger partial charge in [0.1, 0.15) is 0 Å². The Balaban J connectivity index is 1.87. The molecule has 0 amide bonds. The molecule has 1 atom stereocenters. The van der Waals surface area contributed by atoms with Crippen LogP contribution >= 0.6 is 0 Å². The van der Waals surface area contributed by atoms with E-state index < -0.39 is 0 Å². The minimum absolute atomic E-state index is 0.255. The van der Waals surface area contributed by atoms with E-state index in [1.54, 1.807) is 14.0 Å². The fourth-order valence-corrected chi connectivity index (χ4v) is 2.42. The standard InChI is InChI=1S/C16H23NO4/c1-3-20-16(18)13-4-6-14(7-5-13)17-9-8-15(12-17)21-11-10-19-2/h4-7,15H,3,8-12H2,1-2H3. The number of hydrogen-bond acceptors (Lipinski definition) is 5. The van der Waals surface area contributed by atoms with Crippen molar-refractivity contribution in [1.29, 1.82) is 0 Å². The lowest BCUT2D eigenvalue weighted by atomic mass is 10.2. The fourth-order valence-electron chi connectivity index (χ4n) is 2.42. The average molecular weight is 293 g/mol. The van der Waals surface area contributed by atoms with E-state index in [-0.39, 0.29) is 12.1 Å². The van der Waals surface area contributed by atoms with E-state index in [0.29, 0.717) is 25.4 Å². The highest BCUT2D eigenvalue weighted by Crippen LogP contribution is 2.22. The Bertz CT molecular complexity index is 446. The van der Waals surface area contributed by atoms with E-state index in [9.17, 15) is 4.79 Å². The predicted octanol–water partition coefficient (Wildman–Crippen LogP) is 2.10. The molecule has 1 heterocycles. The fraction of sp³-hybridized carbons (Fsp3) is 0.562. The van der Waals surface area contributed by atoms with Crippen molar-refractivity contribution in [3.63, 3.8) is 0 Å². The minimum atomic E-state index is -0.272. The van der Waals surface area contributed by atoms with Gasteiger partial charge in [0, 0.05) is 25.9 Å². The molecule has 2 rings (SSSR count). The van der Waals surface area contributed by atoms with Gasteiger partial charge >= 0.3 is 5.97 Å². The lowest BCUT2D eigenvalue weighted by Gasteiger charge is -2.19. The van der Waals surface area contributed by atoms with Crippen LogP contribution in [0.5, 0.6) is 0 Å². The van der Waals surface area contributed by atoms with Crippen LogP contribution in [0.2, 0.25) is 0 Å². The van der Waals surface area contributed by atoms with Crippen molar-refractivity contribution < 1.29 is 19.0 Å². The van der Waals surface area contributed by atoms with Gasteiger partial charge in [-0.1, -0.05) is 0 Å². The molecule has 1 aromatic carbocycles. The van der Waals surface area contributed by atoms with Crippen molar-refractivity contribution in [1.82, 2.24) is 0 Å². The molecule has 1 unspecified atom stereocenters. The van der Waals surface area contributed by atoms with Gasteiger partial charge in [0.25, 0.3) is 0 Å². The summed E-state index contributed by atoms with van der Waals surface area (Å²) in [7, 11) is 1.68. The molecule has 0 aliphatic carbocycles. The second-order valence-electron chi connectivity index (χ2n) is 4.99. The lowest BCUT2D eigenvalue weighted by molar-refractivity contribution is 0.0280. The van der Waals surface area contributed by atoms with Crippen molar-refractivity contribution in [3.05, 3.63) is 29.8 Å². The molecular formula is C16H23NO4. The highest BCUT2D eigenvalue weighted by molar-refractivity contribution is 5.89. The van der Waals surface area contributed by atoms with Crippen molar-refractivity contribution in [3.8, 4) is 0 Å². The monoisotopic (exact) mass is 293 g/mol. The zero-order valence-electron chi connectivity index (χ0n) is 12.7. The Kier molecular flexibility index (Phi) is 6.02. The SMILES string of the molecule is CCOC(=O)c1ccc(N2CCC(OCCOC)C2)cc1. The van der Waals surface area contributed by atoms with Gasteiger partial charge in [-0.05, 0) is 37.6 Å². The summed E-state index contributed by atoms with van der Waals surface area (Å²) < 4.78 is 15.7. The maximum atomic E-state index is 11.6. The molecule has 0 aromatic heterocycles. The number of methoxy groups -OCH3 is 1. The third kappa shape index (κ3) is 4.44. The summed E-state index contributed by atoms with van der Waals surface area (Å²) in [5.41, 5.74) is 1.70. The van der Waals surface area contributed by atoms with Gasteiger partial charge in [-0.3, -0.25) is 0 Å². The largest absolute Gasteiger partial charge is 0.462 e. The van der Waals surface area contributed by atoms with Crippen LogP contribution in [0.4, 0.5) is 5.69 Å².